The van der Waals surface area contributed by atoms with Crippen molar-refractivity contribution in [2.75, 3.05) is 14.2 Å². The minimum atomic E-state index is 0.606. The topological polar surface area (TPSA) is 45.5 Å². The van der Waals surface area contributed by atoms with Gasteiger partial charge in [0.1, 0.15) is 6.20 Å². The normalized spacial score (nSPS) is 9.88. The molecular formula is C11H11N2O3. The zero-order chi connectivity index (χ0) is 11.4. The van der Waals surface area contributed by atoms with Crippen LogP contribution in [0.3, 0.4) is 0 Å². The van der Waals surface area contributed by atoms with Crippen LogP contribution in [0.25, 0.3) is 0 Å². The maximum atomic E-state index is 5.40. The molecule has 0 fully saturated rings. The van der Waals surface area contributed by atoms with Crippen molar-refractivity contribution in [3.63, 3.8) is 0 Å². The Labute approximate surface area is 93.1 Å². The standard InChI is InChI=1S/C11H11N2O3/c1-14-10-5-4-9(8-11(10)15-2)16-13-7-3-6-12-13/h3-5,7-8H,1-2H3. The molecule has 1 aromatic carbocycles. The number of methoxy groups -OCH3 is 2. The molecule has 2 aromatic rings. The molecule has 0 amide bonds. The maximum absolute atomic E-state index is 5.40. The third-order valence-corrected chi connectivity index (χ3v) is 1.99. The molecule has 16 heavy (non-hydrogen) atoms. The number of nitrogens with zero attached hydrogens (tertiary/aromatic N) is 2. The quantitative estimate of drug-likeness (QED) is 0.782. The molecule has 83 valence electrons. The summed E-state index contributed by atoms with van der Waals surface area (Å²) in [5.41, 5.74) is 0. The molecule has 0 N–H and O–H groups in total. The van der Waals surface area contributed by atoms with E-state index in [0.717, 1.165) is 0 Å². The lowest BCUT2D eigenvalue weighted by atomic mass is 10.3. The van der Waals surface area contributed by atoms with Gasteiger partial charge >= 0.3 is 0 Å². The molecule has 0 spiro atoms. The fourth-order valence-electron chi connectivity index (χ4n) is 1.25. The average molecular weight is 219 g/mol. The Morgan fingerprint density at radius 1 is 1.19 bits per heavy atom. The maximum Gasteiger partial charge on any atom is 0.164 e. The van der Waals surface area contributed by atoms with Gasteiger partial charge in [0, 0.05) is 6.07 Å². The van der Waals surface area contributed by atoms with Crippen molar-refractivity contribution in [3.8, 4) is 17.2 Å². The molecule has 5 heteroatoms. The van der Waals surface area contributed by atoms with Crippen LogP contribution in [0.1, 0.15) is 0 Å². The van der Waals surface area contributed by atoms with Crippen molar-refractivity contribution in [2.24, 2.45) is 0 Å². The summed E-state index contributed by atoms with van der Waals surface area (Å²) in [6.45, 7) is 0. The third kappa shape index (κ3) is 2.08. The first-order valence-electron chi connectivity index (χ1n) is 4.65. The van der Waals surface area contributed by atoms with Crippen LogP contribution in [0.15, 0.2) is 30.5 Å². The molecule has 0 atom stereocenters. The number of hydrogen-bond acceptors (Lipinski definition) is 4. The molecule has 0 saturated heterocycles. The van der Waals surface area contributed by atoms with Gasteiger partial charge in [-0.3, -0.25) is 0 Å². The van der Waals surface area contributed by atoms with Gasteiger partial charge in [0.25, 0.3) is 0 Å². The van der Waals surface area contributed by atoms with Gasteiger partial charge in [0.2, 0.25) is 0 Å². The second-order valence-electron chi connectivity index (χ2n) is 2.96. The summed E-state index contributed by atoms with van der Waals surface area (Å²) in [6, 6.07) is 6.91. The van der Waals surface area contributed by atoms with E-state index in [-0.39, 0.29) is 0 Å². The van der Waals surface area contributed by atoms with Crippen molar-refractivity contribution in [1.82, 2.24) is 9.94 Å². The summed E-state index contributed by atoms with van der Waals surface area (Å²) in [6.07, 6.45) is 4.28. The lowest BCUT2D eigenvalue weighted by molar-refractivity contribution is 0.177. The smallest absolute Gasteiger partial charge is 0.164 e. The molecule has 0 aliphatic heterocycles. The summed E-state index contributed by atoms with van der Waals surface area (Å²) in [5.74, 6) is 1.87. The monoisotopic (exact) mass is 219 g/mol. The highest BCUT2D eigenvalue weighted by Gasteiger charge is 2.05. The Bertz CT molecular complexity index is 454. The van der Waals surface area contributed by atoms with E-state index >= 15 is 0 Å². The number of ether oxygens (including phenoxy) is 2. The zero-order valence-electron chi connectivity index (χ0n) is 9.01. The highest BCUT2D eigenvalue weighted by molar-refractivity contribution is 5.45. The zero-order valence-corrected chi connectivity index (χ0v) is 9.01. The van der Waals surface area contributed by atoms with Gasteiger partial charge in [-0.15, -0.1) is 5.10 Å². The molecule has 1 radical (unpaired) electrons. The summed E-state index contributed by atoms with van der Waals surface area (Å²) in [7, 11) is 3.16. The Morgan fingerprint density at radius 3 is 2.62 bits per heavy atom. The summed E-state index contributed by atoms with van der Waals surface area (Å²) >= 11 is 0. The highest BCUT2D eigenvalue weighted by atomic mass is 16.7. The summed E-state index contributed by atoms with van der Waals surface area (Å²) in [4.78, 5) is 6.71. The second kappa shape index (κ2) is 4.57. The first kappa shape index (κ1) is 10.4. The predicted molar refractivity (Wildman–Crippen MR) is 56.6 cm³/mol. The van der Waals surface area contributed by atoms with Crippen LogP contribution in [-0.2, 0) is 0 Å². The van der Waals surface area contributed by atoms with Crippen molar-refractivity contribution in [1.29, 1.82) is 0 Å². The van der Waals surface area contributed by atoms with E-state index in [9.17, 15) is 0 Å². The van der Waals surface area contributed by atoms with Crippen LogP contribution < -0.4 is 14.3 Å². The number of aromatic nitrogens is 2. The highest BCUT2D eigenvalue weighted by Crippen LogP contribution is 2.30. The SMILES string of the molecule is COc1ccc(On2cc[c]n2)cc1OC. The molecule has 2 rings (SSSR count). The second-order valence-corrected chi connectivity index (χ2v) is 2.96. The Kier molecular flexibility index (Phi) is 2.95. The molecule has 1 heterocycles. The number of hydrogen-bond donors (Lipinski definition) is 0. The van der Waals surface area contributed by atoms with Gasteiger partial charge in [-0.05, 0) is 18.2 Å². The average Bonchev–Trinajstić information content (AvgIpc) is 2.81. The molecule has 0 unspecified atom stereocenters. The molecule has 1 aromatic heterocycles. The van der Waals surface area contributed by atoms with Crippen LogP contribution in [0.5, 0.6) is 17.2 Å². The summed E-state index contributed by atoms with van der Waals surface area (Å²) < 4.78 is 10.3. The Hall–Kier alpha value is -2.17. The first-order valence-corrected chi connectivity index (χ1v) is 4.65. The first-order chi connectivity index (χ1) is 7.83. The van der Waals surface area contributed by atoms with Crippen LogP contribution in [0, 0.1) is 6.20 Å². The van der Waals surface area contributed by atoms with Gasteiger partial charge in [-0.2, -0.15) is 0 Å². The van der Waals surface area contributed by atoms with E-state index in [1.807, 2.05) is 0 Å². The van der Waals surface area contributed by atoms with Crippen molar-refractivity contribution < 1.29 is 14.3 Å². The van der Waals surface area contributed by atoms with Gasteiger partial charge in [-0.1, -0.05) is 4.85 Å². The van der Waals surface area contributed by atoms with Gasteiger partial charge in [-0.25, -0.2) is 0 Å². The van der Waals surface area contributed by atoms with Crippen LogP contribution >= 0.6 is 0 Å². The van der Waals surface area contributed by atoms with Crippen LogP contribution in [-0.4, -0.2) is 24.2 Å². The number of benzene rings is 1. The minimum absolute atomic E-state index is 0.606. The van der Waals surface area contributed by atoms with Gasteiger partial charge in [0.05, 0.1) is 20.4 Å². The van der Waals surface area contributed by atoms with Crippen LogP contribution in [0.2, 0.25) is 0 Å². The van der Waals surface area contributed by atoms with Crippen LogP contribution in [0.4, 0.5) is 0 Å². The molecule has 0 aliphatic carbocycles. The van der Waals surface area contributed by atoms with Gasteiger partial charge < -0.3 is 14.3 Å². The molecule has 0 saturated carbocycles. The van der Waals surface area contributed by atoms with E-state index in [4.69, 9.17) is 14.3 Å². The fourth-order valence-corrected chi connectivity index (χ4v) is 1.25. The van der Waals surface area contributed by atoms with E-state index in [1.165, 1.54) is 4.85 Å². The van der Waals surface area contributed by atoms with Gasteiger partial charge in [0.15, 0.2) is 17.2 Å². The third-order valence-electron chi connectivity index (χ3n) is 1.99. The molecule has 5 nitrogen and oxygen atoms in total. The van der Waals surface area contributed by atoms with Crippen molar-refractivity contribution >= 4 is 0 Å². The van der Waals surface area contributed by atoms with E-state index in [1.54, 1.807) is 44.7 Å². The van der Waals surface area contributed by atoms with E-state index in [0.29, 0.717) is 17.2 Å². The minimum Gasteiger partial charge on any atom is -0.493 e. The lowest BCUT2D eigenvalue weighted by Gasteiger charge is -2.09. The van der Waals surface area contributed by atoms with E-state index < -0.39 is 0 Å². The largest absolute Gasteiger partial charge is 0.493 e. The lowest BCUT2D eigenvalue weighted by Crippen LogP contribution is -2.05. The fraction of sp³-hybridized carbons (Fsp3) is 0.182. The Morgan fingerprint density at radius 2 is 2.00 bits per heavy atom. The van der Waals surface area contributed by atoms with Crippen molar-refractivity contribution in [2.45, 2.75) is 0 Å². The molecular weight excluding hydrogens is 208 g/mol. The molecule has 0 aliphatic rings. The molecule has 0 bridgehead atoms. The predicted octanol–water partition coefficient (Wildman–Crippen LogP) is 1.54. The summed E-state index contributed by atoms with van der Waals surface area (Å²) in [5, 5.41) is 3.81. The number of rotatable bonds is 4. The van der Waals surface area contributed by atoms with Crippen molar-refractivity contribution in [3.05, 3.63) is 36.7 Å². The Balaban J connectivity index is 2.22. The van der Waals surface area contributed by atoms with E-state index in [2.05, 4.69) is 11.3 Å².